The fourth-order valence-corrected chi connectivity index (χ4v) is 4.02. The van der Waals surface area contributed by atoms with Gasteiger partial charge in [-0.2, -0.15) is 4.99 Å². The molecule has 3 aromatic rings. The van der Waals surface area contributed by atoms with E-state index in [2.05, 4.69) is 28.5 Å². The molecule has 0 aliphatic carbocycles. The monoisotopic (exact) mass is 416 g/mol. The van der Waals surface area contributed by atoms with E-state index in [4.69, 9.17) is 4.74 Å². The number of amides is 1. The zero-order valence-electron chi connectivity index (χ0n) is 16.6. The van der Waals surface area contributed by atoms with Crippen molar-refractivity contribution in [1.82, 2.24) is 0 Å². The van der Waals surface area contributed by atoms with Gasteiger partial charge < -0.3 is 10.1 Å². The molecule has 6 heteroatoms. The molecule has 1 amide bonds. The molecule has 0 radical (unpaired) electrons. The number of benzene rings is 3. The SMILES string of the molecule is CC(=O)OC(C)c1ccc(NC2=NC(=O)C(=Cc3ccc4ccccc4c3)S2)cc1. The molecule has 1 aliphatic heterocycles. The maximum Gasteiger partial charge on any atom is 0.303 e. The van der Waals surface area contributed by atoms with Crippen LogP contribution in [0.25, 0.3) is 16.8 Å². The Morgan fingerprint density at radius 1 is 1.07 bits per heavy atom. The van der Waals surface area contributed by atoms with Crippen LogP contribution in [0.1, 0.15) is 31.1 Å². The first-order chi connectivity index (χ1) is 14.5. The van der Waals surface area contributed by atoms with E-state index in [1.807, 2.05) is 61.5 Å². The van der Waals surface area contributed by atoms with Crippen molar-refractivity contribution in [3.8, 4) is 0 Å². The van der Waals surface area contributed by atoms with E-state index in [0.29, 0.717) is 10.1 Å². The molecular formula is C24H20N2O3S. The van der Waals surface area contributed by atoms with Crippen molar-refractivity contribution in [2.45, 2.75) is 20.0 Å². The van der Waals surface area contributed by atoms with Gasteiger partial charge in [-0.1, -0.05) is 48.5 Å². The minimum absolute atomic E-state index is 0.254. The van der Waals surface area contributed by atoms with E-state index in [0.717, 1.165) is 27.6 Å². The molecule has 1 unspecified atom stereocenters. The summed E-state index contributed by atoms with van der Waals surface area (Å²) < 4.78 is 5.18. The summed E-state index contributed by atoms with van der Waals surface area (Å²) in [5.74, 6) is -0.568. The number of rotatable bonds is 4. The molecule has 0 saturated carbocycles. The molecule has 0 fully saturated rings. The molecule has 0 bridgehead atoms. The first-order valence-corrected chi connectivity index (χ1v) is 10.4. The first-order valence-electron chi connectivity index (χ1n) is 9.53. The number of esters is 1. The van der Waals surface area contributed by atoms with Gasteiger partial charge in [-0.25, -0.2) is 0 Å². The Kier molecular flexibility index (Phi) is 5.68. The summed E-state index contributed by atoms with van der Waals surface area (Å²) in [6.07, 6.45) is 1.55. The number of carbonyl (C=O) groups excluding carboxylic acids is 2. The minimum atomic E-state index is -0.314. The number of hydrogen-bond acceptors (Lipinski definition) is 5. The molecule has 1 heterocycles. The summed E-state index contributed by atoms with van der Waals surface area (Å²) >= 11 is 1.31. The Morgan fingerprint density at radius 3 is 2.53 bits per heavy atom. The second-order valence-corrected chi connectivity index (χ2v) is 7.97. The van der Waals surface area contributed by atoms with Crippen LogP contribution in [0, 0.1) is 0 Å². The molecule has 0 saturated heterocycles. The number of fused-ring (bicyclic) bond motifs is 1. The van der Waals surface area contributed by atoms with E-state index in [-0.39, 0.29) is 18.0 Å². The molecule has 1 N–H and O–H groups in total. The fourth-order valence-electron chi connectivity index (χ4n) is 3.19. The second kappa shape index (κ2) is 8.55. The van der Waals surface area contributed by atoms with Gasteiger partial charge in [0.25, 0.3) is 5.91 Å². The molecule has 1 aliphatic rings. The van der Waals surface area contributed by atoms with Gasteiger partial charge in [-0.15, -0.1) is 0 Å². The van der Waals surface area contributed by atoms with Gasteiger partial charge in [0, 0.05) is 12.6 Å². The Morgan fingerprint density at radius 2 is 1.80 bits per heavy atom. The highest BCUT2D eigenvalue weighted by molar-refractivity contribution is 8.18. The third kappa shape index (κ3) is 4.60. The molecule has 150 valence electrons. The quantitative estimate of drug-likeness (QED) is 0.446. The Labute approximate surface area is 178 Å². The van der Waals surface area contributed by atoms with Gasteiger partial charge in [-0.3, -0.25) is 9.59 Å². The van der Waals surface area contributed by atoms with E-state index in [1.165, 1.54) is 18.7 Å². The molecule has 1 atom stereocenters. The smallest absolute Gasteiger partial charge is 0.303 e. The predicted molar refractivity (Wildman–Crippen MR) is 122 cm³/mol. The lowest BCUT2D eigenvalue weighted by atomic mass is 10.1. The number of nitrogens with one attached hydrogen (secondary N) is 1. The number of ether oxygens (including phenoxy) is 1. The molecule has 3 aromatic carbocycles. The molecule has 5 nitrogen and oxygen atoms in total. The minimum Gasteiger partial charge on any atom is -0.458 e. The van der Waals surface area contributed by atoms with Crippen LogP contribution in [0.5, 0.6) is 0 Å². The van der Waals surface area contributed by atoms with Crippen molar-refractivity contribution >= 4 is 51.3 Å². The van der Waals surface area contributed by atoms with Crippen molar-refractivity contribution in [3.63, 3.8) is 0 Å². The van der Waals surface area contributed by atoms with Crippen molar-refractivity contribution in [3.05, 3.63) is 82.8 Å². The second-order valence-electron chi connectivity index (χ2n) is 6.94. The predicted octanol–water partition coefficient (Wildman–Crippen LogP) is 5.55. The zero-order chi connectivity index (χ0) is 21.1. The molecule has 30 heavy (non-hydrogen) atoms. The number of anilines is 1. The highest BCUT2D eigenvalue weighted by atomic mass is 32.2. The summed E-state index contributed by atoms with van der Waals surface area (Å²) in [6, 6.07) is 21.7. The Hall–Kier alpha value is -3.38. The van der Waals surface area contributed by atoms with Crippen molar-refractivity contribution in [2.24, 2.45) is 4.99 Å². The van der Waals surface area contributed by atoms with Crippen LogP contribution < -0.4 is 5.32 Å². The van der Waals surface area contributed by atoms with Crippen molar-refractivity contribution in [1.29, 1.82) is 0 Å². The topological polar surface area (TPSA) is 67.8 Å². The van der Waals surface area contributed by atoms with E-state index >= 15 is 0 Å². The molecule has 0 spiro atoms. The number of aliphatic imine (C=N–C) groups is 1. The van der Waals surface area contributed by atoms with Gasteiger partial charge in [0.15, 0.2) is 5.17 Å². The lowest BCUT2D eigenvalue weighted by Gasteiger charge is -2.13. The standard InChI is InChI=1S/C24H20N2O3S/c1-15(29-16(2)27)18-9-11-21(12-10-18)25-24-26-23(28)22(30-24)14-17-7-8-19-5-3-4-6-20(19)13-17/h3-15H,1-2H3,(H,25,26,28). The average Bonchev–Trinajstić information content (AvgIpc) is 3.06. The van der Waals surface area contributed by atoms with Crippen LogP contribution in [0.15, 0.2) is 76.6 Å². The van der Waals surface area contributed by atoms with Crippen LogP contribution in [0.4, 0.5) is 5.69 Å². The summed E-state index contributed by atoms with van der Waals surface area (Å²) in [5, 5.41) is 5.99. The van der Waals surface area contributed by atoms with Crippen LogP contribution >= 0.6 is 11.8 Å². The lowest BCUT2D eigenvalue weighted by molar-refractivity contribution is -0.145. The summed E-state index contributed by atoms with van der Waals surface area (Å²) in [4.78, 5) is 28.1. The number of hydrogen-bond donors (Lipinski definition) is 1. The lowest BCUT2D eigenvalue weighted by Crippen LogP contribution is -2.06. The van der Waals surface area contributed by atoms with Crippen molar-refractivity contribution < 1.29 is 14.3 Å². The maximum atomic E-state index is 12.3. The number of carbonyl (C=O) groups is 2. The molecular weight excluding hydrogens is 396 g/mol. The van der Waals surface area contributed by atoms with Crippen LogP contribution in [-0.4, -0.2) is 17.0 Å². The largest absolute Gasteiger partial charge is 0.458 e. The Balaban J connectivity index is 1.44. The van der Waals surface area contributed by atoms with E-state index in [1.54, 1.807) is 0 Å². The third-order valence-electron chi connectivity index (χ3n) is 4.67. The van der Waals surface area contributed by atoms with Crippen LogP contribution in [0.3, 0.4) is 0 Å². The van der Waals surface area contributed by atoms with Crippen LogP contribution in [-0.2, 0) is 14.3 Å². The Bertz CT molecular complexity index is 1180. The van der Waals surface area contributed by atoms with Gasteiger partial charge in [0.1, 0.15) is 6.10 Å². The van der Waals surface area contributed by atoms with E-state index in [9.17, 15) is 9.59 Å². The first kappa shape index (κ1) is 19.9. The normalized spacial score (nSPS) is 15.9. The van der Waals surface area contributed by atoms with Crippen LogP contribution in [0.2, 0.25) is 0 Å². The summed E-state index contributed by atoms with van der Waals surface area (Å²) in [5.41, 5.74) is 2.66. The van der Waals surface area contributed by atoms with Gasteiger partial charge in [-0.05, 0) is 64.9 Å². The maximum absolute atomic E-state index is 12.3. The number of nitrogens with zero attached hydrogens (tertiary/aromatic N) is 1. The average molecular weight is 417 g/mol. The molecule has 4 rings (SSSR count). The number of thioether (sulfide) groups is 1. The summed E-state index contributed by atoms with van der Waals surface area (Å²) in [7, 11) is 0. The zero-order valence-corrected chi connectivity index (χ0v) is 17.4. The third-order valence-corrected chi connectivity index (χ3v) is 5.56. The summed E-state index contributed by atoms with van der Waals surface area (Å²) in [6.45, 7) is 3.21. The molecule has 0 aromatic heterocycles. The fraction of sp³-hybridized carbons (Fsp3) is 0.125. The van der Waals surface area contributed by atoms with Crippen molar-refractivity contribution in [2.75, 3.05) is 5.32 Å². The van der Waals surface area contributed by atoms with Gasteiger partial charge >= 0.3 is 5.97 Å². The highest BCUT2D eigenvalue weighted by Crippen LogP contribution is 2.30. The van der Waals surface area contributed by atoms with E-state index < -0.39 is 0 Å². The van der Waals surface area contributed by atoms with Gasteiger partial charge in [0.2, 0.25) is 0 Å². The number of amidine groups is 1. The van der Waals surface area contributed by atoms with Gasteiger partial charge in [0.05, 0.1) is 4.91 Å². The highest BCUT2D eigenvalue weighted by Gasteiger charge is 2.22.